The molecule has 7 nitrogen and oxygen atoms in total. The van der Waals surface area contributed by atoms with E-state index in [9.17, 15) is 4.79 Å². The van der Waals surface area contributed by atoms with Crippen molar-refractivity contribution in [2.45, 2.75) is 39.0 Å². The number of aryl methyl sites for hydroxylation is 1. The molecule has 27 heavy (non-hydrogen) atoms. The van der Waals surface area contributed by atoms with Crippen molar-refractivity contribution in [1.82, 2.24) is 14.7 Å². The molecule has 0 radical (unpaired) electrons. The third-order valence-electron chi connectivity index (χ3n) is 4.97. The fraction of sp³-hybridized carbons (Fsp3) is 0.600. The number of aliphatic hydroxyl groups excluding tert-OH is 1. The number of carbonyl (C=O) groups is 1. The predicted molar refractivity (Wildman–Crippen MR) is 102 cm³/mol. The molecule has 3 rings (SSSR count). The van der Waals surface area contributed by atoms with E-state index in [-0.39, 0.29) is 19.1 Å². The van der Waals surface area contributed by atoms with Gasteiger partial charge in [-0.1, -0.05) is 19.3 Å². The average Bonchev–Trinajstić information content (AvgIpc) is 3.03. The molecule has 1 aliphatic rings. The van der Waals surface area contributed by atoms with Gasteiger partial charge < -0.3 is 19.9 Å². The van der Waals surface area contributed by atoms with Crippen molar-refractivity contribution in [2.75, 3.05) is 33.0 Å². The van der Waals surface area contributed by atoms with Gasteiger partial charge in [0.15, 0.2) is 11.4 Å². The fourth-order valence-electron chi connectivity index (χ4n) is 3.59. The Hall–Kier alpha value is -2.12. The van der Waals surface area contributed by atoms with Gasteiger partial charge in [-0.2, -0.15) is 0 Å². The van der Waals surface area contributed by atoms with Crippen LogP contribution in [0, 0.1) is 12.8 Å². The maximum atomic E-state index is 12.6. The van der Waals surface area contributed by atoms with Crippen LogP contribution in [0.15, 0.2) is 18.3 Å². The molecule has 0 atom stereocenters. The topological polar surface area (TPSA) is 85.1 Å². The molecular weight excluding hydrogens is 346 g/mol. The zero-order chi connectivity index (χ0) is 19.1. The second kappa shape index (κ2) is 9.71. The molecule has 0 unspecified atom stereocenters. The lowest BCUT2D eigenvalue weighted by Gasteiger charge is -2.21. The number of nitrogens with one attached hydrogen (secondary N) is 1. The first kappa shape index (κ1) is 19.6. The maximum Gasteiger partial charge on any atom is 0.270 e. The van der Waals surface area contributed by atoms with E-state index >= 15 is 0 Å². The van der Waals surface area contributed by atoms with Gasteiger partial charge in [0.1, 0.15) is 5.69 Å². The zero-order valence-corrected chi connectivity index (χ0v) is 15.9. The van der Waals surface area contributed by atoms with Crippen molar-refractivity contribution in [3.05, 3.63) is 29.7 Å². The largest absolute Gasteiger partial charge is 0.489 e. The van der Waals surface area contributed by atoms with Crippen molar-refractivity contribution in [3.63, 3.8) is 0 Å². The highest BCUT2D eigenvalue weighted by molar-refractivity contribution is 5.94. The van der Waals surface area contributed by atoms with Gasteiger partial charge in [0, 0.05) is 12.7 Å². The third kappa shape index (κ3) is 4.99. The average molecular weight is 375 g/mol. The van der Waals surface area contributed by atoms with E-state index < -0.39 is 0 Å². The van der Waals surface area contributed by atoms with Gasteiger partial charge in [-0.25, -0.2) is 4.98 Å². The smallest absolute Gasteiger partial charge is 0.270 e. The molecule has 0 saturated heterocycles. The van der Waals surface area contributed by atoms with E-state index in [1.54, 1.807) is 4.40 Å². The third-order valence-corrected chi connectivity index (χ3v) is 4.97. The van der Waals surface area contributed by atoms with Crippen molar-refractivity contribution >= 4 is 11.6 Å². The standard InChI is InChI=1S/C20H29N3O4/c1-15-18(20(25)21-9-12-26-13-11-24)23-10-5-8-17(19(23)22-15)27-14-16-6-3-2-4-7-16/h5,8,10,16,24H,2-4,6-7,9,11-14H2,1H3,(H,21,25). The highest BCUT2D eigenvalue weighted by Crippen LogP contribution is 2.27. The van der Waals surface area contributed by atoms with Crippen LogP contribution in [-0.4, -0.2) is 53.4 Å². The van der Waals surface area contributed by atoms with Crippen LogP contribution in [0.1, 0.15) is 48.3 Å². The van der Waals surface area contributed by atoms with Crippen molar-refractivity contribution in [3.8, 4) is 5.75 Å². The summed E-state index contributed by atoms with van der Waals surface area (Å²) in [6.45, 7) is 3.52. The van der Waals surface area contributed by atoms with E-state index in [4.69, 9.17) is 14.6 Å². The SMILES string of the molecule is Cc1nc2c(OCC3CCCCC3)cccn2c1C(=O)NCCOCCO. The van der Waals surface area contributed by atoms with Gasteiger partial charge in [0.25, 0.3) is 5.91 Å². The van der Waals surface area contributed by atoms with Crippen LogP contribution in [0.4, 0.5) is 0 Å². The van der Waals surface area contributed by atoms with E-state index in [0.29, 0.717) is 42.7 Å². The second-order valence-corrected chi connectivity index (χ2v) is 7.02. The summed E-state index contributed by atoms with van der Waals surface area (Å²) in [6.07, 6.45) is 8.18. The molecule has 1 fully saturated rings. The van der Waals surface area contributed by atoms with E-state index in [1.165, 1.54) is 32.1 Å². The molecule has 2 aromatic heterocycles. The molecule has 0 bridgehead atoms. The van der Waals surface area contributed by atoms with Crippen LogP contribution < -0.4 is 10.1 Å². The van der Waals surface area contributed by atoms with Gasteiger partial charge in [0.05, 0.1) is 32.1 Å². The van der Waals surface area contributed by atoms with Gasteiger partial charge in [0.2, 0.25) is 0 Å². The number of nitrogens with zero attached hydrogens (tertiary/aromatic N) is 2. The Labute approximate surface area is 159 Å². The van der Waals surface area contributed by atoms with Crippen molar-refractivity contribution in [1.29, 1.82) is 0 Å². The number of ether oxygens (including phenoxy) is 2. The molecule has 0 spiro atoms. The molecule has 2 N–H and O–H groups in total. The number of aliphatic hydroxyl groups is 1. The highest BCUT2D eigenvalue weighted by Gasteiger charge is 2.20. The molecule has 1 aliphatic carbocycles. The van der Waals surface area contributed by atoms with Crippen LogP contribution in [0.5, 0.6) is 5.75 Å². The minimum Gasteiger partial charge on any atom is -0.489 e. The van der Waals surface area contributed by atoms with Crippen LogP contribution in [0.2, 0.25) is 0 Å². The Bertz CT molecular complexity index is 753. The maximum absolute atomic E-state index is 12.6. The first-order valence-electron chi connectivity index (χ1n) is 9.78. The number of amides is 1. The number of pyridine rings is 1. The number of aromatic nitrogens is 2. The molecule has 0 aliphatic heterocycles. The van der Waals surface area contributed by atoms with Crippen LogP contribution in [-0.2, 0) is 4.74 Å². The summed E-state index contributed by atoms with van der Waals surface area (Å²) in [5.74, 6) is 1.13. The molecule has 7 heteroatoms. The summed E-state index contributed by atoms with van der Waals surface area (Å²) in [4.78, 5) is 17.1. The minimum atomic E-state index is -0.197. The highest BCUT2D eigenvalue weighted by atomic mass is 16.5. The number of hydrogen-bond donors (Lipinski definition) is 2. The molecule has 148 valence electrons. The van der Waals surface area contributed by atoms with E-state index in [2.05, 4.69) is 10.3 Å². The first-order chi connectivity index (χ1) is 13.2. The summed E-state index contributed by atoms with van der Waals surface area (Å²) in [5.41, 5.74) is 1.85. The minimum absolute atomic E-state index is 0.0239. The number of fused-ring (bicyclic) bond motifs is 1. The van der Waals surface area contributed by atoms with Crippen molar-refractivity contribution in [2.24, 2.45) is 5.92 Å². The monoisotopic (exact) mass is 375 g/mol. The van der Waals surface area contributed by atoms with E-state index in [1.807, 2.05) is 25.3 Å². The summed E-state index contributed by atoms with van der Waals surface area (Å²) in [7, 11) is 0. The Kier molecular flexibility index (Phi) is 7.06. The number of rotatable bonds is 9. The summed E-state index contributed by atoms with van der Waals surface area (Å²) in [6, 6.07) is 3.79. The first-order valence-corrected chi connectivity index (χ1v) is 9.78. The summed E-state index contributed by atoms with van der Waals surface area (Å²) < 4.78 is 13.0. The summed E-state index contributed by atoms with van der Waals surface area (Å²) in [5, 5.41) is 11.5. The van der Waals surface area contributed by atoms with Crippen molar-refractivity contribution < 1.29 is 19.4 Å². The predicted octanol–water partition coefficient (Wildman–Crippen LogP) is 2.34. The fourth-order valence-corrected chi connectivity index (χ4v) is 3.59. The second-order valence-electron chi connectivity index (χ2n) is 7.02. The Morgan fingerprint density at radius 1 is 1.33 bits per heavy atom. The lowest BCUT2D eigenvalue weighted by atomic mass is 9.90. The normalized spacial score (nSPS) is 15.2. The molecule has 1 amide bonds. The number of imidazole rings is 1. The Morgan fingerprint density at radius 2 is 2.15 bits per heavy atom. The molecule has 0 aromatic carbocycles. The van der Waals surface area contributed by atoms with Crippen LogP contribution in [0.25, 0.3) is 5.65 Å². The molecule has 2 aromatic rings. The lowest BCUT2D eigenvalue weighted by Crippen LogP contribution is -2.29. The van der Waals surface area contributed by atoms with Gasteiger partial charge in [-0.3, -0.25) is 9.20 Å². The van der Waals surface area contributed by atoms with Gasteiger partial charge in [-0.15, -0.1) is 0 Å². The molecule has 1 saturated carbocycles. The Balaban J connectivity index is 1.68. The van der Waals surface area contributed by atoms with Gasteiger partial charge >= 0.3 is 0 Å². The number of carbonyl (C=O) groups excluding carboxylic acids is 1. The summed E-state index contributed by atoms with van der Waals surface area (Å²) >= 11 is 0. The molecule has 2 heterocycles. The Morgan fingerprint density at radius 3 is 2.93 bits per heavy atom. The van der Waals surface area contributed by atoms with E-state index in [0.717, 1.165) is 5.75 Å². The quantitative estimate of drug-likeness (QED) is 0.657. The lowest BCUT2D eigenvalue weighted by molar-refractivity contribution is 0.0834. The zero-order valence-electron chi connectivity index (χ0n) is 15.9. The van der Waals surface area contributed by atoms with Crippen LogP contribution >= 0.6 is 0 Å². The molecular formula is C20H29N3O4. The van der Waals surface area contributed by atoms with Crippen LogP contribution in [0.3, 0.4) is 0 Å². The number of hydrogen-bond acceptors (Lipinski definition) is 5. The van der Waals surface area contributed by atoms with Gasteiger partial charge in [-0.05, 0) is 37.8 Å².